The van der Waals surface area contributed by atoms with Gasteiger partial charge in [-0.3, -0.25) is 4.68 Å². The Morgan fingerprint density at radius 2 is 2.00 bits per heavy atom. The van der Waals surface area contributed by atoms with E-state index < -0.39 is 0 Å². The second kappa shape index (κ2) is 5.49. The fourth-order valence-electron chi connectivity index (χ4n) is 2.88. The Labute approximate surface area is 124 Å². The zero-order chi connectivity index (χ0) is 14.1. The van der Waals surface area contributed by atoms with Crippen LogP contribution in [0.4, 0.5) is 5.69 Å². The molecule has 106 valence electrons. The average Bonchev–Trinajstić information content (AvgIpc) is 2.75. The van der Waals surface area contributed by atoms with Crippen LogP contribution in [0, 0.1) is 0 Å². The number of anilines is 1. The minimum Gasteiger partial charge on any atom is -0.380 e. The van der Waals surface area contributed by atoms with Crippen LogP contribution in [0.1, 0.15) is 36.9 Å². The summed E-state index contributed by atoms with van der Waals surface area (Å²) in [5, 5.41) is 8.90. The van der Waals surface area contributed by atoms with Gasteiger partial charge in [0, 0.05) is 24.3 Å². The van der Waals surface area contributed by atoms with Gasteiger partial charge in [-0.25, -0.2) is 0 Å². The Kier molecular flexibility index (Phi) is 3.70. The molecular weight excluding hydrogens is 270 g/mol. The lowest BCUT2D eigenvalue weighted by molar-refractivity contribution is 0.374. The number of aryl methyl sites for hydroxylation is 2. The Bertz CT molecular complexity index is 582. The lowest BCUT2D eigenvalue weighted by Gasteiger charge is -2.36. The normalized spacial score (nSPS) is 21.6. The summed E-state index contributed by atoms with van der Waals surface area (Å²) >= 11 is 5.93. The maximum absolute atomic E-state index is 5.93. The second-order valence-corrected chi connectivity index (χ2v) is 6.01. The molecule has 1 aromatic carbocycles. The zero-order valence-electron chi connectivity index (χ0n) is 11.9. The summed E-state index contributed by atoms with van der Waals surface area (Å²) in [6.45, 7) is 2.14. The molecule has 1 heterocycles. The number of hydrogen-bond acceptors (Lipinski definition) is 2. The fourth-order valence-corrected chi connectivity index (χ4v) is 3.00. The summed E-state index contributed by atoms with van der Waals surface area (Å²) in [5.41, 5.74) is 3.74. The van der Waals surface area contributed by atoms with Gasteiger partial charge in [0.25, 0.3) is 0 Å². The van der Waals surface area contributed by atoms with Crippen LogP contribution in [0.15, 0.2) is 30.5 Å². The van der Waals surface area contributed by atoms with Crippen LogP contribution in [-0.4, -0.2) is 15.8 Å². The van der Waals surface area contributed by atoms with Gasteiger partial charge in [0.05, 0.1) is 11.4 Å². The van der Waals surface area contributed by atoms with Crippen LogP contribution < -0.4 is 5.32 Å². The van der Waals surface area contributed by atoms with E-state index in [1.54, 1.807) is 0 Å². The topological polar surface area (TPSA) is 29.9 Å². The summed E-state index contributed by atoms with van der Waals surface area (Å²) in [5.74, 6) is 0.659. The van der Waals surface area contributed by atoms with Crippen molar-refractivity contribution < 1.29 is 0 Å². The SMILES string of the molecule is CCc1nn(C)cc1NC1CC(c2ccc(Cl)cc2)C1. The molecule has 0 saturated heterocycles. The highest BCUT2D eigenvalue weighted by molar-refractivity contribution is 6.30. The number of nitrogens with zero attached hydrogens (tertiary/aromatic N) is 2. The first kappa shape index (κ1) is 13.5. The van der Waals surface area contributed by atoms with E-state index in [4.69, 9.17) is 11.6 Å². The van der Waals surface area contributed by atoms with E-state index >= 15 is 0 Å². The minimum atomic E-state index is 0.560. The van der Waals surface area contributed by atoms with Crippen molar-refractivity contribution in [3.05, 3.63) is 46.7 Å². The van der Waals surface area contributed by atoms with E-state index in [0.29, 0.717) is 12.0 Å². The van der Waals surface area contributed by atoms with Crippen LogP contribution in [0.5, 0.6) is 0 Å². The van der Waals surface area contributed by atoms with Crippen LogP contribution >= 0.6 is 11.6 Å². The highest BCUT2D eigenvalue weighted by atomic mass is 35.5. The maximum Gasteiger partial charge on any atom is 0.0853 e. The van der Waals surface area contributed by atoms with E-state index in [1.165, 1.54) is 24.1 Å². The van der Waals surface area contributed by atoms with Crippen molar-refractivity contribution in [2.45, 2.75) is 38.1 Å². The molecule has 0 amide bonds. The van der Waals surface area contributed by atoms with Crippen molar-refractivity contribution >= 4 is 17.3 Å². The van der Waals surface area contributed by atoms with Crippen LogP contribution in [0.25, 0.3) is 0 Å². The molecule has 0 aliphatic heterocycles. The lowest BCUT2D eigenvalue weighted by atomic mass is 9.76. The molecule has 0 radical (unpaired) electrons. The third kappa shape index (κ3) is 2.68. The summed E-state index contributed by atoms with van der Waals surface area (Å²) in [4.78, 5) is 0. The van der Waals surface area contributed by atoms with E-state index in [9.17, 15) is 0 Å². The molecule has 1 aliphatic rings. The quantitative estimate of drug-likeness (QED) is 0.922. The number of benzene rings is 1. The zero-order valence-corrected chi connectivity index (χ0v) is 12.7. The highest BCUT2D eigenvalue weighted by Gasteiger charge is 2.30. The molecule has 4 heteroatoms. The molecule has 3 nitrogen and oxygen atoms in total. The summed E-state index contributed by atoms with van der Waals surface area (Å²) in [6, 6.07) is 8.81. The van der Waals surface area contributed by atoms with Crippen molar-refractivity contribution in [2.24, 2.45) is 7.05 Å². The van der Waals surface area contributed by atoms with Gasteiger partial charge in [-0.15, -0.1) is 0 Å². The van der Waals surface area contributed by atoms with Gasteiger partial charge in [-0.1, -0.05) is 30.7 Å². The molecule has 1 N–H and O–H groups in total. The van der Waals surface area contributed by atoms with Crippen molar-refractivity contribution in [1.82, 2.24) is 9.78 Å². The maximum atomic E-state index is 5.93. The van der Waals surface area contributed by atoms with Crippen LogP contribution in [0.2, 0.25) is 5.02 Å². The number of hydrogen-bond donors (Lipinski definition) is 1. The predicted octanol–water partition coefficient (Wildman–Crippen LogP) is 3.99. The Hall–Kier alpha value is -1.48. The predicted molar refractivity (Wildman–Crippen MR) is 83.4 cm³/mol. The Morgan fingerprint density at radius 1 is 1.30 bits per heavy atom. The number of rotatable bonds is 4. The average molecular weight is 290 g/mol. The van der Waals surface area contributed by atoms with Gasteiger partial charge in [0.15, 0.2) is 0 Å². The van der Waals surface area contributed by atoms with Crippen LogP contribution in [-0.2, 0) is 13.5 Å². The summed E-state index contributed by atoms with van der Waals surface area (Å²) in [7, 11) is 1.97. The molecule has 1 aromatic heterocycles. The second-order valence-electron chi connectivity index (χ2n) is 5.58. The van der Waals surface area contributed by atoms with Crippen molar-refractivity contribution in [3.63, 3.8) is 0 Å². The van der Waals surface area contributed by atoms with E-state index in [2.05, 4.69) is 35.7 Å². The number of nitrogens with one attached hydrogen (secondary N) is 1. The number of halogens is 1. The number of aromatic nitrogens is 2. The highest BCUT2D eigenvalue weighted by Crippen LogP contribution is 2.39. The van der Waals surface area contributed by atoms with Crippen molar-refractivity contribution in [2.75, 3.05) is 5.32 Å². The molecule has 0 spiro atoms. The smallest absolute Gasteiger partial charge is 0.0853 e. The monoisotopic (exact) mass is 289 g/mol. The third-order valence-electron chi connectivity index (χ3n) is 4.08. The van der Waals surface area contributed by atoms with Crippen molar-refractivity contribution in [1.29, 1.82) is 0 Å². The van der Waals surface area contributed by atoms with Gasteiger partial charge in [0.2, 0.25) is 0 Å². The molecule has 0 atom stereocenters. The molecule has 0 bridgehead atoms. The van der Waals surface area contributed by atoms with Gasteiger partial charge < -0.3 is 5.32 Å². The molecule has 20 heavy (non-hydrogen) atoms. The van der Waals surface area contributed by atoms with E-state index in [0.717, 1.165) is 17.1 Å². The molecular formula is C16H20ClN3. The first-order valence-electron chi connectivity index (χ1n) is 7.20. The molecule has 1 aliphatic carbocycles. The third-order valence-corrected chi connectivity index (χ3v) is 4.33. The summed E-state index contributed by atoms with van der Waals surface area (Å²) < 4.78 is 1.89. The van der Waals surface area contributed by atoms with Crippen molar-refractivity contribution in [3.8, 4) is 0 Å². The van der Waals surface area contributed by atoms with E-state index in [-0.39, 0.29) is 0 Å². The first-order valence-corrected chi connectivity index (χ1v) is 7.58. The lowest BCUT2D eigenvalue weighted by Crippen LogP contribution is -2.34. The van der Waals surface area contributed by atoms with Gasteiger partial charge in [-0.05, 0) is 42.9 Å². The van der Waals surface area contributed by atoms with Gasteiger partial charge in [0.1, 0.15) is 0 Å². The van der Waals surface area contributed by atoms with Gasteiger partial charge in [-0.2, -0.15) is 5.10 Å². The standard InChI is InChI=1S/C16H20ClN3/c1-3-15-16(10-20(2)19-15)18-14-8-12(9-14)11-4-6-13(17)7-5-11/h4-7,10,12,14,18H,3,8-9H2,1-2H3. The van der Waals surface area contributed by atoms with E-state index in [1.807, 2.05) is 23.9 Å². The molecule has 1 fully saturated rings. The minimum absolute atomic E-state index is 0.560. The molecule has 2 aromatic rings. The van der Waals surface area contributed by atoms with Crippen LogP contribution in [0.3, 0.4) is 0 Å². The van der Waals surface area contributed by atoms with Gasteiger partial charge >= 0.3 is 0 Å². The molecule has 0 unspecified atom stereocenters. The molecule has 1 saturated carbocycles. The first-order chi connectivity index (χ1) is 9.65. The molecule has 3 rings (SSSR count). The largest absolute Gasteiger partial charge is 0.380 e. The fraction of sp³-hybridized carbons (Fsp3) is 0.438. The Balaban J connectivity index is 1.59. The summed E-state index contributed by atoms with van der Waals surface area (Å²) in [6.07, 6.45) is 5.41. The Morgan fingerprint density at radius 3 is 2.65 bits per heavy atom.